The van der Waals surface area contributed by atoms with Crippen LogP contribution in [0.3, 0.4) is 0 Å². The maximum absolute atomic E-state index is 12.9. The number of hydrogen-bond acceptors (Lipinski definition) is 2. The van der Waals surface area contributed by atoms with Gasteiger partial charge in [-0.15, -0.1) is 0 Å². The Labute approximate surface area is 160 Å². The zero-order chi connectivity index (χ0) is 19.0. The van der Waals surface area contributed by atoms with E-state index in [1.54, 1.807) is 12.1 Å². The first-order valence-corrected chi connectivity index (χ1v) is 9.55. The molecule has 2 atom stereocenters. The summed E-state index contributed by atoms with van der Waals surface area (Å²) in [4.78, 5) is 12.9. The summed E-state index contributed by atoms with van der Waals surface area (Å²) in [5.74, 6) is 0.622. The molecule has 0 bridgehead atoms. The number of rotatable bonds is 4. The Morgan fingerprint density at radius 1 is 0.963 bits per heavy atom. The van der Waals surface area contributed by atoms with Crippen LogP contribution < -0.4 is 0 Å². The summed E-state index contributed by atoms with van der Waals surface area (Å²) in [6.07, 6.45) is 2.99. The number of carbonyl (C=O) groups excluding carboxylic acids is 1. The summed E-state index contributed by atoms with van der Waals surface area (Å²) >= 11 is 0. The number of phenols is 1. The third-order valence-corrected chi connectivity index (χ3v) is 5.59. The molecule has 0 saturated heterocycles. The quantitative estimate of drug-likeness (QED) is 0.626. The van der Waals surface area contributed by atoms with Crippen molar-refractivity contribution in [1.82, 2.24) is 0 Å². The lowest BCUT2D eigenvalue weighted by Crippen LogP contribution is -2.22. The minimum absolute atomic E-state index is 0.00775. The number of allylic oxidation sites excluding steroid dienone is 2. The Bertz CT molecular complexity index is 1010. The molecule has 0 heterocycles. The Morgan fingerprint density at radius 2 is 1.67 bits per heavy atom. The number of hydrogen-bond donors (Lipinski definition) is 1. The molecular weight excluding hydrogens is 332 g/mol. The van der Waals surface area contributed by atoms with Crippen LogP contribution in [-0.2, 0) is 4.79 Å². The van der Waals surface area contributed by atoms with Crippen molar-refractivity contribution in [2.24, 2.45) is 11.8 Å². The summed E-state index contributed by atoms with van der Waals surface area (Å²) in [7, 11) is 0. The number of carbonyl (C=O) groups is 1. The van der Waals surface area contributed by atoms with Gasteiger partial charge in [0.25, 0.3) is 0 Å². The van der Waals surface area contributed by atoms with Gasteiger partial charge in [0, 0.05) is 17.8 Å². The molecule has 0 spiro atoms. The highest BCUT2D eigenvalue weighted by molar-refractivity contribution is 5.90. The van der Waals surface area contributed by atoms with Crippen molar-refractivity contribution >= 4 is 22.1 Å². The standard InChI is InChI=1S/C25H24O2/c1-16(2)25(27)24-15-21(18-9-11-22(26)12-10-18)14-23(24)20-8-7-17-5-3-4-6-19(17)13-20/h3-13,15-16,23-24,26H,14H2,1-2H3/t23-,24?/m0/s1. The number of Topliss-reactive ketones (excluding diaryl/α,β-unsaturated/α-hetero) is 1. The van der Waals surface area contributed by atoms with E-state index in [1.165, 1.54) is 21.9 Å². The monoisotopic (exact) mass is 356 g/mol. The van der Waals surface area contributed by atoms with Gasteiger partial charge >= 0.3 is 0 Å². The lowest BCUT2D eigenvalue weighted by Gasteiger charge is -2.21. The predicted octanol–water partition coefficient (Wildman–Crippen LogP) is 5.96. The molecular formula is C25H24O2. The van der Waals surface area contributed by atoms with Crippen LogP contribution in [0.15, 0.2) is 72.8 Å². The van der Waals surface area contributed by atoms with Crippen LogP contribution in [0.4, 0.5) is 0 Å². The fraction of sp³-hybridized carbons (Fsp3) is 0.240. The van der Waals surface area contributed by atoms with Crippen molar-refractivity contribution < 1.29 is 9.90 Å². The van der Waals surface area contributed by atoms with E-state index in [0.29, 0.717) is 5.78 Å². The Hall–Kier alpha value is -2.87. The van der Waals surface area contributed by atoms with Crippen LogP contribution in [0.25, 0.3) is 16.3 Å². The summed E-state index contributed by atoms with van der Waals surface area (Å²) in [6.45, 7) is 3.96. The second-order valence-electron chi connectivity index (χ2n) is 7.74. The van der Waals surface area contributed by atoms with E-state index in [2.05, 4.69) is 42.5 Å². The molecule has 27 heavy (non-hydrogen) atoms. The lowest BCUT2D eigenvalue weighted by atomic mass is 9.81. The third kappa shape index (κ3) is 3.40. The van der Waals surface area contributed by atoms with E-state index in [9.17, 15) is 9.90 Å². The van der Waals surface area contributed by atoms with E-state index < -0.39 is 0 Å². The van der Waals surface area contributed by atoms with Gasteiger partial charge in [-0.25, -0.2) is 0 Å². The first kappa shape index (κ1) is 17.5. The first-order valence-electron chi connectivity index (χ1n) is 9.55. The topological polar surface area (TPSA) is 37.3 Å². The Kier molecular flexibility index (Phi) is 4.57. The molecule has 3 aromatic rings. The van der Waals surface area contributed by atoms with Crippen molar-refractivity contribution in [3.05, 3.63) is 83.9 Å². The van der Waals surface area contributed by atoms with E-state index in [1.807, 2.05) is 32.0 Å². The molecule has 1 unspecified atom stereocenters. The van der Waals surface area contributed by atoms with Gasteiger partial charge in [0.1, 0.15) is 11.5 Å². The van der Waals surface area contributed by atoms with E-state index in [4.69, 9.17) is 0 Å². The zero-order valence-electron chi connectivity index (χ0n) is 15.7. The highest BCUT2D eigenvalue weighted by Crippen LogP contribution is 2.44. The van der Waals surface area contributed by atoms with Crippen LogP contribution in [-0.4, -0.2) is 10.9 Å². The maximum atomic E-state index is 12.9. The molecule has 0 radical (unpaired) electrons. The fourth-order valence-corrected chi connectivity index (χ4v) is 4.08. The van der Waals surface area contributed by atoms with Crippen LogP contribution in [0.1, 0.15) is 37.3 Å². The number of ketones is 1. The zero-order valence-corrected chi connectivity index (χ0v) is 15.7. The Morgan fingerprint density at radius 3 is 2.37 bits per heavy atom. The van der Waals surface area contributed by atoms with Gasteiger partial charge in [-0.05, 0) is 46.0 Å². The molecule has 1 N–H and O–H groups in total. The molecule has 0 saturated carbocycles. The molecule has 1 aliphatic rings. The van der Waals surface area contributed by atoms with Crippen LogP contribution in [0, 0.1) is 11.8 Å². The number of aromatic hydroxyl groups is 1. The average molecular weight is 356 g/mol. The third-order valence-electron chi connectivity index (χ3n) is 5.59. The van der Waals surface area contributed by atoms with Gasteiger partial charge in [-0.3, -0.25) is 4.79 Å². The van der Waals surface area contributed by atoms with Crippen molar-refractivity contribution in [2.45, 2.75) is 26.2 Å². The number of benzene rings is 3. The number of phenolic OH excluding ortho intramolecular Hbond substituents is 1. The molecule has 2 nitrogen and oxygen atoms in total. The second-order valence-corrected chi connectivity index (χ2v) is 7.74. The molecule has 4 rings (SSSR count). The summed E-state index contributed by atoms with van der Waals surface area (Å²) in [6, 6.07) is 22.2. The van der Waals surface area contributed by atoms with E-state index >= 15 is 0 Å². The van der Waals surface area contributed by atoms with Crippen molar-refractivity contribution in [3.8, 4) is 5.75 Å². The summed E-state index contributed by atoms with van der Waals surface area (Å²) < 4.78 is 0. The average Bonchev–Trinajstić information content (AvgIpc) is 3.12. The lowest BCUT2D eigenvalue weighted by molar-refractivity contribution is -0.124. The highest BCUT2D eigenvalue weighted by atomic mass is 16.3. The Balaban J connectivity index is 1.73. The molecule has 3 aromatic carbocycles. The molecule has 0 aliphatic heterocycles. The van der Waals surface area contributed by atoms with Crippen molar-refractivity contribution in [2.75, 3.05) is 0 Å². The number of fused-ring (bicyclic) bond motifs is 1. The van der Waals surface area contributed by atoms with Gasteiger partial charge in [-0.1, -0.05) is 74.5 Å². The molecule has 0 fully saturated rings. The largest absolute Gasteiger partial charge is 0.508 e. The maximum Gasteiger partial charge on any atom is 0.142 e. The smallest absolute Gasteiger partial charge is 0.142 e. The van der Waals surface area contributed by atoms with E-state index in [-0.39, 0.29) is 23.5 Å². The molecule has 2 heteroatoms. The minimum Gasteiger partial charge on any atom is -0.508 e. The van der Waals surface area contributed by atoms with Crippen LogP contribution in [0.2, 0.25) is 0 Å². The minimum atomic E-state index is -0.102. The van der Waals surface area contributed by atoms with Crippen LogP contribution in [0.5, 0.6) is 5.75 Å². The van der Waals surface area contributed by atoms with Gasteiger partial charge in [-0.2, -0.15) is 0 Å². The van der Waals surface area contributed by atoms with Crippen molar-refractivity contribution in [1.29, 1.82) is 0 Å². The first-order chi connectivity index (χ1) is 13.0. The summed E-state index contributed by atoms with van der Waals surface area (Å²) in [5.41, 5.74) is 3.49. The van der Waals surface area contributed by atoms with Crippen LogP contribution >= 0.6 is 0 Å². The molecule has 0 amide bonds. The molecule has 0 aromatic heterocycles. The fourth-order valence-electron chi connectivity index (χ4n) is 4.08. The normalized spacial score (nSPS) is 19.4. The van der Waals surface area contributed by atoms with Gasteiger partial charge < -0.3 is 5.11 Å². The second kappa shape index (κ2) is 7.03. The van der Waals surface area contributed by atoms with E-state index in [0.717, 1.165) is 12.0 Å². The molecule has 1 aliphatic carbocycles. The van der Waals surface area contributed by atoms with Gasteiger partial charge in [0.15, 0.2) is 0 Å². The molecule has 136 valence electrons. The highest BCUT2D eigenvalue weighted by Gasteiger charge is 2.35. The van der Waals surface area contributed by atoms with Crippen molar-refractivity contribution in [3.63, 3.8) is 0 Å². The predicted molar refractivity (Wildman–Crippen MR) is 111 cm³/mol. The summed E-state index contributed by atoms with van der Waals surface area (Å²) in [5, 5.41) is 12.0. The van der Waals surface area contributed by atoms with Gasteiger partial charge in [0.2, 0.25) is 0 Å². The SMILES string of the molecule is CC(C)C(=O)C1C=C(c2ccc(O)cc2)C[C@H]1c1ccc2ccccc2c1. The van der Waals surface area contributed by atoms with Gasteiger partial charge in [0.05, 0.1) is 0 Å².